The zero-order valence-electron chi connectivity index (χ0n) is 12.4. The predicted molar refractivity (Wildman–Crippen MR) is 75.8 cm³/mol. The molecule has 1 rings (SSSR count). The number of alkyl halides is 3. The van der Waals surface area contributed by atoms with E-state index in [1.165, 1.54) is 7.11 Å². The van der Waals surface area contributed by atoms with Gasteiger partial charge in [-0.05, 0) is 25.5 Å². The molecule has 1 N–H and O–H groups in total. The summed E-state index contributed by atoms with van der Waals surface area (Å²) >= 11 is 0. The van der Waals surface area contributed by atoms with Gasteiger partial charge in [0.15, 0.2) is 11.5 Å². The molecule has 0 radical (unpaired) electrons. The summed E-state index contributed by atoms with van der Waals surface area (Å²) < 4.78 is 47.1. The van der Waals surface area contributed by atoms with Crippen LogP contribution in [0, 0.1) is 0 Å². The van der Waals surface area contributed by atoms with E-state index in [9.17, 15) is 13.2 Å². The van der Waals surface area contributed by atoms with Crippen LogP contribution in [0.15, 0.2) is 18.2 Å². The molecule has 21 heavy (non-hydrogen) atoms. The fourth-order valence-corrected chi connectivity index (χ4v) is 1.87. The summed E-state index contributed by atoms with van der Waals surface area (Å²) in [5.74, 6) is 1.06. The number of para-hydroxylation sites is 1. The first-order valence-corrected chi connectivity index (χ1v) is 7.04. The lowest BCUT2D eigenvalue weighted by atomic mass is 10.2. The van der Waals surface area contributed by atoms with E-state index in [2.05, 4.69) is 12.2 Å². The maximum absolute atomic E-state index is 12.1. The number of hydrogen-bond donors (Lipinski definition) is 1. The van der Waals surface area contributed by atoms with Crippen LogP contribution in [0.5, 0.6) is 11.5 Å². The van der Waals surface area contributed by atoms with Crippen molar-refractivity contribution in [2.75, 3.05) is 20.3 Å². The second kappa shape index (κ2) is 8.77. The third kappa shape index (κ3) is 6.71. The summed E-state index contributed by atoms with van der Waals surface area (Å²) in [5.41, 5.74) is 0.884. The van der Waals surface area contributed by atoms with Crippen LogP contribution in [0.3, 0.4) is 0 Å². The Bertz CT molecular complexity index is 422. The lowest BCUT2D eigenvalue weighted by Crippen LogP contribution is -2.15. The highest BCUT2D eigenvalue weighted by Gasteiger charge is 2.26. The van der Waals surface area contributed by atoms with Gasteiger partial charge in [-0.1, -0.05) is 19.1 Å². The fourth-order valence-electron chi connectivity index (χ4n) is 1.87. The van der Waals surface area contributed by atoms with Gasteiger partial charge in [0.05, 0.1) is 13.7 Å². The number of benzene rings is 1. The lowest BCUT2D eigenvalue weighted by molar-refractivity contribution is -0.136. The molecule has 0 aromatic heterocycles. The third-order valence-corrected chi connectivity index (χ3v) is 2.87. The average Bonchev–Trinajstić information content (AvgIpc) is 2.43. The van der Waals surface area contributed by atoms with Gasteiger partial charge in [-0.2, -0.15) is 13.2 Å². The summed E-state index contributed by atoms with van der Waals surface area (Å²) in [6.45, 7) is 3.54. The van der Waals surface area contributed by atoms with Crippen LogP contribution in [0.2, 0.25) is 0 Å². The lowest BCUT2D eigenvalue weighted by Gasteiger charge is -2.16. The van der Waals surface area contributed by atoms with E-state index in [0.29, 0.717) is 18.0 Å². The molecule has 0 heterocycles. The van der Waals surface area contributed by atoms with Crippen molar-refractivity contribution in [3.05, 3.63) is 23.8 Å². The van der Waals surface area contributed by atoms with Gasteiger partial charge in [0.25, 0.3) is 0 Å². The molecule has 0 saturated heterocycles. The highest BCUT2D eigenvalue weighted by Crippen LogP contribution is 2.31. The molecule has 1 aromatic carbocycles. The van der Waals surface area contributed by atoms with E-state index in [-0.39, 0.29) is 13.0 Å². The molecule has 120 valence electrons. The van der Waals surface area contributed by atoms with Gasteiger partial charge in [0.1, 0.15) is 0 Å². The van der Waals surface area contributed by atoms with Crippen LogP contribution in [0.25, 0.3) is 0 Å². The minimum absolute atomic E-state index is 0.0145. The second-order valence-electron chi connectivity index (χ2n) is 4.69. The van der Waals surface area contributed by atoms with Crippen molar-refractivity contribution in [2.24, 2.45) is 0 Å². The van der Waals surface area contributed by atoms with Crippen molar-refractivity contribution in [3.63, 3.8) is 0 Å². The molecule has 0 aliphatic rings. The SMILES string of the molecule is CCCNCc1cccc(OC)c1OCCCC(F)(F)F. The van der Waals surface area contributed by atoms with E-state index in [0.717, 1.165) is 18.5 Å². The van der Waals surface area contributed by atoms with Crippen molar-refractivity contribution in [1.29, 1.82) is 0 Å². The summed E-state index contributed by atoms with van der Waals surface area (Å²) in [6.07, 6.45) is -4.05. The zero-order valence-corrected chi connectivity index (χ0v) is 12.4. The first-order chi connectivity index (χ1) is 9.98. The van der Waals surface area contributed by atoms with Gasteiger partial charge in [0, 0.05) is 18.5 Å². The monoisotopic (exact) mass is 305 g/mol. The molecular weight excluding hydrogens is 283 g/mol. The van der Waals surface area contributed by atoms with Crippen LogP contribution >= 0.6 is 0 Å². The Morgan fingerprint density at radius 3 is 2.62 bits per heavy atom. The van der Waals surface area contributed by atoms with Crippen LogP contribution in [0.4, 0.5) is 13.2 Å². The fraction of sp³-hybridized carbons (Fsp3) is 0.600. The summed E-state index contributed by atoms with van der Waals surface area (Å²) in [6, 6.07) is 5.46. The standard InChI is InChI=1S/C15H22F3NO2/c1-3-9-19-11-12-6-4-7-13(20-2)14(12)21-10-5-8-15(16,17)18/h4,6-7,19H,3,5,8-11H2,1-2H3. The van der Waals surface area contributed by atoms with Crippen LogP contribution < -0.4 is 14.8 Å². The van der Waals surface area contributed by atoms with Crippen molar-refractivity contribution < 1.29 is 22.6 Å². The Kier molecular flexibility index (Phi) is 7.36. The highest BCUT2D eigenvalue weighted by molar-refractivity contribution is 5.46. The summed E-state index contributed by atoms with van der Waals surface area (Å²) in [5, 5.41) is 3.24. The molecule has 3 nitrogen and oxygen atoms in total. The topological polar surface area (TPSA) is 30.5 Å². The number of rotatable bonds is 9. The van der Waals surface area contributed by atoms with Gasteiger partial charge < -0.3 is 14.8 Å². The molecular formula is C15H22F3NO2. The Morgan fingerprint density at radius 2 is 2.00 bits per heavy atom. The van der Waals surface area contributed by atoms with Gasteiger partial charge >= 0.3 is 6.18 Å². The molecule has 0 saturated carbocycles. The van der Waals surface area contributed by atoms with Gasteiger partial charge in [-0.15, -0.1) is 0 Å². The number of ether oxygens (including phenoxy) is 2. The zero-order chi connectivity index (χ0) is 15.7. The second-order valence-corrected chi connectivity index (χ2v) is 4.69. The molecule has 0 spiro atoms. The molecule has 0 amide bonds. The first-order valence-electron chi connectivity index (χ1n) is 7.04. The van der Waals surface area contributed by atoms with Crippen LogP contribution in [-0.2, 0) is 6.54 Å². The maximum Gasteiger partial charge on any atom is 0.389 e. The van der Waals surface area contributed by atoms with Gasteiger partial charge in [-0.3, -0.25) is 0 Å². The minimum atomic E-state index is -4.14. The Morgan fingerprint density at radius 1 is 1.24 bits per heavy atom. The Balaban J connectivity index is 2.64. The smallest absolute Gasteiger partial charge is 0.389 e. The quantitative estimate of drug-likeness (QED) is 0.702. The molecule has 0 fully saturated rings. The molecule has 1 aromatic rings. The molecule has 0 unspecified atom stereocenters. The number of hydrogen-bond acceptors (Lipinski definition) is 3. The van der Waals surface area contributed by atoms with Crippen LogP contribution in [-0.4, -0.2) is 26.4 Å². The van der Waals surface area contributed by atoms with E-state index in [4.69, 9.17) is 9.47 Å². The van der Waals surface area contributed by atoms with Crippen molar-refractivity contribution in [2.45, 2.75) is 38.9 Å². The minimum Gasteiger partial charge on any atom is -0.493 e. The highest BCUT2D eigenvalue weighted by atomic mass is 19.4. The Labute approximate surface area is 123 Å². The van der Waals surface area contributed by atoms with E-state index in [1.54, 1.807) is 6.07 Å². The predicted octanol–water partition coefficient (Wildman–Crippen LogP) is 3.92. The number of methoxy groups -OCH3 is 1. The van der Waals surface area contributed by atoms with Gasteiger partial charge in [-0.25, -0.2) is 0 Å². The molecule has 0 aliphatic carbocycles. The van der Waals surface area contributed by atoms with Crippen molar-refractivity contribution in [3.8, 4) is 11.5 Å². The van der Waals surface area contributed by atoms with E-state index >= 15 is 0 Å². The molecule has 0 aliphatic heterocycles. The van der Waals surface area contributed by atoms with Crippen LogP contribution in [0.1, 0.15) is 31.7 Å². The van der Waals surface area contributed by atoms with Gasteiger partial charge in [0.2, 0.25) is 0 Å². The van der Waals surface area contributed by atoms with Crippen molar-refractivity contribution >= 4 is 0 Å². The number of nitrogens with one attached hydrogen (secondary N) is 1. The Hall–Kier alpha value is -1.43. The molecule has 6 heteroatoms. The molecule has 0 atom stereocenters. The average molecular weight is 305 g/mol. The summed E-state index contributed by atoms with van der Waals surface area (Å²) in [4.78, 5) is 0. The number of halogens is 3. The normalized spacial score (nSPS) is 11.5. The third-order valence-electron chi connectivity index (χ3n) is 2.87. The van der Waals surface area contributed by atoms with E-state index < -0.39 is 12.6 Å². The van der Waals surface area contributed by atoms with E-state index in [1.807, 2.05) is 12.1 Å². The largest absolute Gasteiger partial charge is 0.493 e. The maximum atomic E-state index is 12.1. The van der Waals surface area contributed by atoms with Crippen molar-refractivity contribution in [1.82, 2.24) is 5.32 Å². The molecule has 0 bridgehead atoms. The summed E-state index contributed by atoms with van der Waals surface area (Å²) in [7, 11) is 1.52. The first kappa shape index (κ1) is 17.6.